The number of carbonyl (C=O) groups excluding carboxylic acids is 1. The van der Waals surface area contributed by atoms with Gasteiger partial charge in [-0.05, 0) is 61.7 Å². The number of nitrogens with one attached hydrogen (secondary N) is 1. The number of amides is 1. The Bertz CT molecular complexity index is 680. The Hall–Kier alpha value is -1.40. The number of halogens is 1. The second-order valence-electron chi connectivity index (χ2n) is 5.61. The maximum atomic E-state index is 12.4. The van der Waals surface area contributed by atoms with Crippen LogP contribution in [-0.4, -0.2) is 34.5 Å². The molecule has 0 aliphatic rings. The highest BCUT2D eigenvalue weighted by atomic mass is 79.9. The number of nitrogens with zero attached hydrogens (tertiary/aromatic N) is 2. The van der Waals surface area contributed by atoms with Crippen LogP contribution < -0.4 is 5.32 Å². The summed E-state index contributed by atoms with van der Waals surface area (Å²) in [7, 11) is 0. The van der Waals surface area contributed by atoms with Gasteiger partial charge in [0.15, 0.2) is 0 Å². The molecule has 22 heavy (non-hydrogen) atoms. The van der Waals surface area contributed by atoms with Gasteiger partial charge in [0.2, 0.25) is 0 Å². The van der Waals surface area contributed by atoms with Crippen LogP contribution in [0.5, 0.6) is 0 Å². The number of carbonyl (C=O) groups is 1. The Morgan fingerprint density at radius 3 is 2.86 bits per heavy atom. The third-order valence-electron chi connectivity index (χ3n) is 3.32. The van der Waals surface area contributed by atoms with Crippen LogP contribution in [0, 0.1) is 13.8 Å². The Labute approximate surface area is 139 Å². The molecule has 2 heterocycles. The van der Waals surface area contributed by atoms with Crippen LogP contribution in [0.15, 0.2) is 16.7 Å². The average Bonchev–Trinajstić information content (AvgIpc) is 2.74. The van der Waals surface area contributed by atoms with Crippen LogP contribution in [0.25, 0.3) is 5.65 Å². The maximum absolute atomic E-state index is 12.4. The summed E-state index contributed by atoms with van der Waals surface area (Å²) in [5, 5.41) is 2.94. The van der Waals surface area contributed by atoms with Gasteiger partial charge in [-0.1, -0.05) is 0 Å². The molecular formula is C16H22BrN3O2. The van der Waals surface area contributed by atoms with Crippen molar-refractivity contribution < 1.29 is 9.53 Å². The van der Waals surface area contributed by atoms with Gasteiger partial charge in [0.25, 0.3) is 5.91 Å². The van der Waals surface area contributed by atoms with Gasteiger partial charge in [0.05, 0.1) is 11.8 Å². The van der Waals surface area contributed by atoms with E-state index < -0.39 is 0 Å². The van der Waals surface area contributed by atoms with E-state index in [1.54, 1.807) is 0 Å². The fourth-order valence-corrected chi connectivity index (χ4v) is 2.88. The van der Waals surface area contributed by atoms with E-state index in [9.17, 15) is 4.79 Å². The first-order chi connectivity index (χ1) is 10.4. The van der Waals surface area contributed by atoms with Crippen LogP contribution in [-0.2, 0) is 4.74 Å². The number of imidazole rings is 1. The molecule has 0 saturated carbocycles. The number of hydrogen-bond donors (Lipinski definition) is 1. The molecule has 0 atom stereocenters. The molecule has 0 aliphatic carbocycles. The molecule has 0 unspecified atom stereocenters. The standard InChI is InChI=1S/C16H22BrN3O2/c1-10(2)22-7-5-6-18-16(21)14-12(4)19-15-11(3)8-13(17)9-20(14)15/h8-10H,5-7H2,1-4H3,(H,18,21). The highest BCUT2D eigenvalue weighted by Crippen LogP contribution is 2.20. The van der Waals surface area contributed by atoms with Crippen molar-refractivity contribution in [1.29, 1.82) is 0 Å². The van der Waals surface area contributed by atoms with E-state index in [-0.39, 0.29) is 12.0 Å². The summed E-state index contributed by atoms with van der Waals surface area (Å²) < 4.78 is 8.23. The number of ether oxygens (including phenoxy) is 1. The van der Waals surface area contributed by atoms with E-state index in [2.05, 4.69) is 26.2 Å². The Kier molecular flexibility index (Phi) is 5.58. The van der Waals surface area contributed by atoms with Gasteiger partial charge >= 0.3 is 0 Å². The zero-order valence-corrected chi connectivity index (χ0v) is 15.0. The van der Waals surface area contributed by atoms with Gasteiger partial charge in [-0.25, -0.2) is 4.98 Å². The van der Waals surface area contributed by atoms with E-state index >= 15 is 0 Å². The van der Waals surface area contributed by atoms with Gasteiger partial charge in [0.1, 0.15) is 11.3 Å². The fraction of sp³-hybridized carbons (Fsp3) is 0.500. The van der Waals surface area contributed by atoms with Crippen molar-refractivity contribution in [2.75, 3.05) is 13.2 Å². The van der Waals surface area contributed by atoms with E-state index in [0.29, 0.717) is 18.8 Å². The molecule has 2 rings (SSSR count). The highest BCUT2D eigenvalue weighted by molar-refractivity contribution is 9.10. The van der Waals surface area contributed by atoms with Crippen molar-refractivity contribution >= 4 is 27.5 Å². The molecule has 0 aromatic carbocycles. The molecule has 0 saturated heterocycles. The predicted molar refractivity (Wildman–Crippen MR) is 90.4 cm³/mol. The second-order valence-corrected chi connectivity index (χ2v) is 6.53. The van der Waals surface area contributed by atoms with Crippen molar-refractivity contribution in [3.63, 3.8) is 0 Å². The summed E-state index contributed by atoms with van der Waals surface area (Å²) in [5.41, 5.74) is 3.16. The summed E-state index contributed by atoms with van der Waals surface area (Å²) in [6.07, 6.45) is 2.89. The maximum Gasteiger partial charge on any atom is 0.270 e. The van der Waals surface area contributed by atoms with Crippen molar-refractivity contribution in [2.45, 2.75) is 40.2 Å². The Morgan fingerprint density at radius 2 is 2.18 bits per heavy atom. The zero-order valence-electron chi connectivity index (χ0n) is 13.4. The van der Waals surface area contributed by atoms with Crippen LogP contribution in [0.3, 0.4) is 0 Å². The minimum absolute atomic E-state index is 0.105. The summed E-state index contributed by atoms with van der Waals surface area (Å²) in [6.45, 7) is 9.08. The molecule has 0 aliphatic heterocycles. The van der Waals surface area contributed by atoms with Gasteiger partial charge in [-0.3, -0.25) is 9.20 Å². The molecule has 1 N–H and O–H groups in total. The average molecular weight is 368 g/mol. The van der Waals surface area contributed by atoms with Crippen LogP contribution in [0.4, 0.5) is 0 Å². The SMILES string of the molecule is Cc1nc2c(C)cc(Br)cn2c1C(=O)NCCCOC(C)C. The van der Waals surface area contributed by atoms with E-state index in [4.69, 9.17) is 4.74 Å². The summed E-state index contributed by atoms with van der Waals surface area (Å²) in [5.74, 6) is -0.105. The molecule has 6 heteroatoms. The Morgan fingerprint density at radius 1 is 1.45 bits per heavy atom. The number of fused-ring (bicyclic) bond motifs is 1. The number of hydrogen-bond acceptors (Lipinski definition) is 3. The number of aryl methyl sites for hydroxylation is 2. The lowest BCUT2D eigenvalue weighted by molar-refractivity contribution is 0.0756. The lowest BCUT2D eigenvalue weighted by Crippen LogP contribution is -2.27. The normalized spacial score (nSPS) is 11.4. The minimum Gasteiger partial charge on any atom is -0.379 e. The van der Waals surface area contributed by atoms with Gasteiger partial charge in [0, 0.05) is 23.8 Å². The molecule has 2 aromatic heterocycles. The molecule has 0 bridgehead atoms. The molecule has 5 nitrogen and oxygen atoms in total. The van der Waals surface area contributed by atoms with Crippen molar-refractivity contribution in [1.82, 2.24) is 14.7 Å². The number of rotatable bonds is 6. The molecule has 0 radical (unpaired) electrons. The van der Waals surface area contributed by atoms with Crippen molar-refractivity contribution in [3.05, 3.63) is 33.7 Å². The van der Waals surface area contributed by atoms with Crippen LogP contribution in [0.2, 0.25) is 0 Å². The first-order valence-corrected chi connectivity index (χ1v) is 8.24. The predicted octanol–water partition coefficient (Wildman–Crippen LogP) is 3.26. The molecule has 0 spiro atoms. The molecule has 1 amide bonds. The monoisotopic (exact) mass is 367 g/mol. The molecule has 2 aromatic rings. The lowest BCUT2D eigenvalue weighted by atomic mass is 10.3. The minimum atomic E-state index is -0.105. The van der Waals surface area contributed by atoms with E-state index in [1.807, 2.05) is 44.4 Å². The first kappa shape index (κ1) is 17.0. The van der Waals surface area contributed by atoms with Crippen molar-refractivity contribution in [2.24, 2.45) is 0 Å². The smallest absolute Gasteiger partial charge is 0.270 e. The van der Waals surface area contributed by atoms with Crippen molar-refractivity contribution in [3.8, 4) is 0 Å². The largest absolute Gasteiger partial charge is 0.379 e. The first-order valence-electron chi connectivity index (χ1n) is 7.44. The highest BCUT2D eigenvalue weighted by Gasteiger charge is 2.17. The number of aromatic nitrogens is 2. The van der Waals surface area contributed by atoms with Gasteiger partial charge < -0.3 is 10.1 Å². The summed E-state index contributed by atoms with van der Waals surface area (Å²) >= 11 is 3.47. The zero-order chi connectivity index (χ0) is 16.3. The topological polar surface area (TPSA) is 55.6 Å². The molecule has 120 valence electrons. The van der Waals surface area contributed by atoms with E-state index in [0.717, 1.165) is 27.8 Å². The molecule has 0 fully saturated rings. The summed E-state index contributed by atoms with van der Waals surface area (Å²) in [6, 6.07) is 1.99. The lowest BCUT2D eigenvalue weighted by Gasteiger charge is -2.09. The quantitative estimate of drug-likeness (QED) is 0.797. The van der Waals surface area contributed by atoms with Gasteiger partial charge in [-0.2, -0.15) is 0 Å². The molecular weight excluding hydrogens is 346 g/mol. The van der Waals surface area contributed by atoms with Crippen LogP contribution in [0.1, 0.15) is 42.0 Å². The van der Waals surface area contributed by atoms with E-state index in [1.165, 1.54) is 0 Å². The Balaban J connectivity index is 2.10. The summed E-state index contributed by atoms with van der Waals surface area (Å²) in [4.78, 5) is 16.9. The third-order valence-corrected chi connectivity index (χ3v) is 3.75. The third kappa shape index (κ3) is 3.87. The second kappa shape index (κ2) is 7.24. The van der Waals surface area contributed by atoms with Crippen LogP contribution >= 0.6 is 15.9 Å². The fourth-order valence-electron chi connectivity index (χ4n) is 2.33. The number of pyridine rings is 1. The van der Waals surface area contributed by atoms with Gasteiger partial charge in [-0.15, -0.1) is 0 Å².